The molecule has 4 aromatic heterocycles. The number of nitrogens with one attached hydrogen (secondary N) is 2. The number of likely N-dealkylation sites (tertiary alicyclic amines) is 1. The second kappa shape index (κ2) is 6.40. The van der Waals surface area contributed by atoms with Crippen LogP contribution in [0.5, 0.6) is 0 Å². The van der Waals surface area contributed by atoms with Crippen LogP contribution in [0.3, 0.4) is 0 Å². The number of hydrogen-bond acceptors (Lipinski definition) is 6. The molecule has 148 valence electrons. The van der Waals surface area contributed by atoms with Gasteiger partial charge in [-0.3, -0.25) is 4.79 Å². The number of nitrogens with zero attached hydrogens (tertiary/aromatic N) is 3. The Balaban J connectivity index is 1.35. The van der Waals surface area contributed by atoms with Gasteiger partial charge in [0.2, 0.25) is 0 Å². The highest BCUT2D eigenvalue weighted by Gasteiger charge is 2.32. The van der Waals surface area contributed by atoms with Gasteiger partial charge in [0.15, 0.2) is 5.65 Å². The quantitative estimate of drug-likeness (QED) is 0.483. The molecule has 1 saturated carbocycles. The van der Waals surface area contributed by atoms with Crippen LogP contribution in [0.15, 0.2) is 28.4 Å². The van der Waals surface area contributed by atoms with Crippen molar-refractivity contribution in [3.05, 3.63) is 39.6 Å². The monoisotopic (exact) mass is 406 g/mol. The van der Waals surface area contributed by atoms with Crippen LogP contribution in [0.4, 0.5) is 5.69 Å². The first-order chi connectivity index (χ1) is 14.2. The standard InChI is InChI=1S/C21H22N6OS/c22-17-16(21(28)25-14-7-10-29-18(14)17)20-24-15-4-3-13(23-19(15)26-20)11-5-8-27(9-6-11)12-1-2-12/h3-4,7,10-12H,1-2,5-6,8-9H2,(H3,22,25,28)(H,23,24,26). The highest BCUT2D eigenvalue weighted by atomic mass is 32.1. The number of aromatic amines is 2. The number of piperidine rings is 1. The third-order valence-corrected chi connectivity index (χ3v) is 7.22. The van der Waals surface area contributed by atoms with Crippen LogP contribution < -0.4 is 11.3 Å². The number of H-pyrrole nitrogens is 2. The third-order valence-electron chi connectivity index (χ3n) is 6.27. The van der Waals surface area contributed by atoms with Gasteiger partial charge in [-0.1, -0.05) is 0 Å². The molecule has 0 atom stereocenters. The third kappa shape index (κ3) is 2.86. The molecule has 2 aliphatic rings. The molecule has 6 rings (SSSR count). The maximum absolute atomic E-state index is 12.6. The van der Waals surface area contributed by atoms with Crippen molar-refractivity contribution >= 4 is 38.4 Å². The molecular formula is C21H22N6OS. The molecule has 4 N–H and O–H groups in total. The molecule has 0 spiro atoms. The molecule has 1 saturated heterocycles. The average Bonchev–Trinajstić information content (AvgIpc) is 3.32. The van der Waals surface area contributed by atoms with E-state index in [1.165, 1.54) is 24.2 Å². The molecule has 7 nitrogen and oxygen atoms in total. The number of imidazole rings is 1. The Bertz CT molecular complexity index is 1280. The van der Waals surface area contributed by atoms with E-state index in [0.717, 1.165) is 53.4 Å². The summed E-state index contributed by atoms with van der Waals surface area (Å²) in [6.07, 6.45) is 5.02. The van der Waals surface area contributed by atoms with Crippen LogP contribution in [-0.2, 0) is 0 Å². The number of hydrogen-bond donors (Lipinski definition) is 3. The first-order valence-electron chi connectivity index (χ1n) is 10.2. The van der Waals surface area contributed by atoms with Crippen molar-refractivity contribution in [1.29, 1.82) is 0 Å². The average molecular weight is 407 g/mol. The normalized spacial score (nSPS) is 18.8. The minimum Gasteiger partial charge on any atom is -0.397 e. The largest absolute Gasteiger partial charge is 0.397 e. The molecule has 1 aliphatic carbocycles. The van der Waals surface area contributed by atoms with E-state index in [-0.39, 0.29) is 5.56 Å². The van der Waals surface area contributed by atoms with Crippen molar-refractivity contribution in [3.63, 3.8) is 0 Å². The number of nitrogen functional groups attached to an aromatic ring is 1. The molecule has 2 fully saturated rings. The SMILES string of the molecule is Nc1c(-c2nc3nc(C4CCN(C5CC5)CC4)ccc3[nH]2)c(=O)[nH]c2ccsc12. The van der Waals surface area contributed by atoms with Gasteiger partial charge in [0.25, 0.3) is 5.56 Å². The summed E-state index contributed by atoms with van der Waals surface area (Å²) < 4.78 is 0.871. The zero-order valence-corrected chi connectivity index (χ0v) is 16.8. The van der Waals surface area contributed by atoms with Gasteiger partial charge in [-0.2, -0.15) is 0 Å². The Labute approximate surface area is 171 Å². The van der Waals surface area contributed by atoms with Gasteiger partial charge >= 0.3 is 0 Å². The number of nitrogens with two attached hydrogens (primary N) is 1. The summed E-state index contributed by atoms with van der Waals surface area (Å²) in [7, 11) is 0. The smallest absolute Gasteiger partial charge is 0.261 e. The molecule has 0 unspecified atom stereocenters. The summed E-state index contributed by atoms with van der Waals surface area (Å²) in [4.78, 5) is 30.8. The predicted octanol–water partition coefficient (Wildman–Crippen LogP) is 3.45. The Morgan fingerprint density at radius 3 is 2.66 bits per heavy atom. The van der Waals surface area contributed by atoms with E-state index in [4.69, 9.17) is 10.7 Å². The van der Waals surface area contributed by atoms with Crippen LogP contribution in [0.25, 0.3) is 32.8 Å². The van der Waals surface area contributed by atoms with E-state index in [1.54, 1.807) is 0 Å². The fraction of sp³-hybridized carbons (Fsp3) is 0.381. The summed E-state index contributed by atoms with van der Waals surface area (Å²) in [5.74, 6) is 0.952. The van der Waals surface area contributed by atoms with Crippen molar-refractivity contribution in [3.8, 4) is 11.4 Å². The van der Waals surface area contributed by atoms with Crippen molar-refractivity contribution in [2.24, 2.45) is 0 Å². The summed E-state index contributed by atoms with van der Waals surface area (Å²) in [5.41, 5.74) is 10.3. The predicted molar refractivity (Wildman–Crippen MR) is 116 cm³/mol. The first-order valence-corrected chi connectivity index (χ1v) is 11.1. The van der Waals surface area contributed by atoms with Crippen LogP contribution in [0.1, 0.15) is 37.3 Å². The van der Waals surface area contributed by atoms with E-state index in [0.29, 0.717) is 28.6 Å². The molecule has 0 amide bonds. The van der Waals surface area contributed by atoms with Crippen molar-refractivity contribution in [2.45, 2.75) is 37.6 Å². The van der Waals surface area contributed by atoms with Gasteiger partial charge in [-0.05, 0) is 62.4 Å². The number of rotatable bonds is 3. The number of aromatic nitrogens is 4. The minimum absolute atomic E-state index is 0.236. The molecule has 4 aromatic rings. The Morgan fingerprint density at radius 2 is 1.86 bits per heavy atom. The van der Waals surface area contributed by atoms with E-state index in [2.05, 4.69) is 25.9 Å². The van der Waals surface area contributed by atoms with Crippen LogP contribution in [-0.4, -0.2) is 44.0 Å². The first kappa shape index (κ1) is 17.2. The van der Waals surface area contributed by atoms with E-state index < -0.39 is 0 Å². The zero-order chi connectivity index (χ0) is 19.5. The lowest BCUT2D eigenvalue weighted by molar-refractivity contribution is 0.202. The Morgan fingerprint density at radius 1 is 1.03 bits per heavy atom. The van der Waals surface area contributed by atoms with Gasteiger partial charge in [0.05, 0.1) is 21.4 Å². The summed E-state index contributed by atoms with van der Waals surface area (Å²) >= 11 is 1.51. The molecule has 1 aliphatic heterocycles. The minimum atomic E-state index is -0.236. The second-order valence-corrected chi connectivity index (χ2v) is 9.06. The van der Waals surface area contributed by atoms with Gasteiger partial charge in [-0.15, -0.1) is 11.3 Å². The number of fused-ring (bicyclic) bond motifs is 2. The maximum atomic E-state index is 12.6. The molecule has 0 bridgehead atoms. The van der Waals surface area contributed by atoms with Crippen molar-refractivity contribution < 1.29 is 0 Å². The van der Waals surface area contributed by atoms with Gasteiger partial charge < -0.3 is 20.6 Å². The second-order valence-electron chi connectivity index (χ2n) is 8.14. The topological polar surface area (TPSA) is 104 Å². The maximum Gasteiger partial charge on any atom is 0.261 e. The molecule has 5 heterocycles. The summed E-state index contributed by atoms with van der Waals surface area (Å²) in [5, 5.41) is 1.92. The zero-order valence-electron chi connectivity index (χ0n) is 15.9. The summed E-state index contributed by atoms with van der Waals surface area (Å²) in [6.45, 7) is 2.32. The van der Waals surface area contributed by atoms with E-state index >= 15 is 0 Å². The molecular weight excluding hydrogens is 384 g/mol. The number of anilines is 1. The van der Waals surface area contributed by atoms with Crippen molar-refractivity contribution in [2.75, 3.05) is 18.8 Å². The van der Waals surface area contributed by atoms with Gasteiger partial charge in [-0.25, -0.2) is 9.97 Å². The lowest BCUT2D eigenvalue weighted by Gasteiger charge is -2.31. The highest BCUT2D eigenvalue weighted by molar-refractivity contribution is 7.17. The van der Waals surface area contributed by atoms with Crippen molar-refractivity contribution in [1.82, 2.24) is 24.8 Å². The number of pyridine rings is 2. The molecule has 8 heteroatoms. The Hall–Kier alpha value is -2.71. The van der Waals surface area contributed by atoms with Crippen LogP contribution >= 0.6 is 11.3 Å². The summed E-state index contributed by atoms with van der Waals surface area (Å²) in [6, 6.07) is 6.82. The van der Waals surface area contributed by atoms with Crippen LogP contribution in [0, 0.1) is 0 Å². The van der Waals surface area contributed by atoms with Crippen LogP contribution in [0.2, 0.25) is 0 Å². The Kier molecular flexibility index (Phi) is 3.79. The lowest BCUT2D eigenvalue weighted by atomic mass is 9.93. The van der Waals surface area contributed by atoms with Gasteiger partial charge in [0, 0.05) is 17.7 Å². The molecule has 0 radical (unpaired) electrons. The molecule has 0 aromatic carbocycles. The lowest BCUT2D eigenvalue weighted by Crippen LogP contribution is -2.34. The fourth-order valence-corrected chi connectivity index (χ4v) is 5.34. The highest BCUT2D eigenvalue weighted by Crippen LogP contribution is 2.35. The number of thiophene rings is 1. The van der Waals surface area contributed by atoms with Gasteiger partial charge in [0.1, 0.15) is 11.4 Å². The molecule has 29 heavy (non-hydrogen) atoms. The van der Waals surface area contributed by atoms with E-state index in [1.807, 2.05) is 17.5 Å². The fourth-order valence-electron chi connectivity index (χ4n) is 4.53. The van der Waals surface area contributed by atoms with E-state index in [9.17, 15) is 4.79 Å².